The van der Waals surface area contributed by atoms with E-state index in [-0.39, 0.29) is 0 Å². The Bertz CT molecular complexity index is 977. The predicted octanol–water partition coefficient (Wildman–Crippen LogP) is 4.44. The zero-order valence-electron chi connectivity index (χ0n) is 15.9. The summed E-state index contributed by atoms with van der Waals surface area (Å²) in [5, 5.41) is 2.41. The van der Waals surface area contributed by atoms with Crippen LogP contribution in [-0.2, 0) is 11.3 Å². The average molecular weight is 394 g/mol. The quantitative estimate of drug-likeness (QED) is 0.599. The first-order chi connectivity index (χ1) is 13.8. The summed E-state index contributed by atoms with van der Waals surface area (Å²) in [5.74, 6) is 1.40. The van der Waals surface area contributed by atoms with E-state index in [9.17, 15) is 0 Å². The van der Waals surface area contributed by atoms with E-state index in [2.05, 4.69) is 35.2 Å². The number of fused-ring (bicyclic) bond motifs is 1. The van der Waals surface area contributed by atoms with Crippen LogP contribution in [0.2, 0.25) is 0 Å². The number of benzene rings is 3. The van der Waals surface area contributed by atoms with Crippen LogP contribution in [0.1, 0.15) is 11.1 Å². The second-order valence-electron chi connectivity index (χ2n) is 6.70. The van der Waals surface area contributed by atoms with Crippen LogP contribution in [0.4, 0.5) is 0 Å². The van der Waals surface area contributed by atoms with E-state index in [1.807, 2.05) is 30.3 Å². The van der Waals surface area contributed by atoms with Gasteiger partial charge in [-0.15, -0.1) is 0 Å². The topological polar surface area (TPSA) is 30.9 Å². The van der Waals surface area contributed by atoms with Gasteiger partial charge in [0.2, 0.25) is 0 Å². The van der Waals surface area contributed by atoms with E-state index < -0.39 is 0 Å². The molecule has 0 atom stereocenters. The largest absolute Gasteiger partial charge is 0.493 e. The van der Waals surface area contributed by atoms with Crippen LogP contribution in [0.15, 0.2) is 60.7 Å². The van der Waals surface area contributed by atoms with Gasteiger partial charge in [0, 0.05) is 18.7 Å². The Morgan fingerprint density at radius 3 is 2.61 bits per heavy atom. The molecule has 0 radical (unpaired) electrons. The van der Waals surface area contributed by atoms with Gasteiger partial charge in [0.05, 0.1) is 20.3 Å². The summed E-state index contributed by atoms with van der Waals surface area (Å²) in [6, 6.07) is 20.5. The molecule has 4 rings (SSSR count). The molecule has 28 heavy (non-hydrogen) atoms. The molecule has 1 heterocycles. The average Bonchev–Trinajstić information content (AvgIpc) is 2.77. The number of methoxy groups -OCH3 is 1. The monoisotopic (exact) mass is 393 g/mol. The second-order valence-corrected chi connectivity index (χ2v) is 7.08. The molecular formula is C23H23NO3S. The van der Waals surface area contributed by atoms with Crippen molar-refractivity contribution in [1.82, 2.24) is 4.90 Å². The highest BCUT2D eigenvalue weighted by Crippen LogP contribution is 2.30. The van der Waals surface area contributed by atoms with E-state index in [1.165, 1.54) is 10.8 Å². The summed E-state index contributed by atoms with van der Waals surface area (Å²) in [6.07, 6.45) is 0. The Kier molecular flexibility index (Phi) is 5.74. The van der Waals surface area contributed by atoms with Crippen molar-refractivity contribution in [2.45, 2.75) is 6.61 Å². The van der Waals surface area contributed by atoms with Crippen molar-refractivity contribution < 1.29 is 14.2 Å². The van der Waals surface area contributed by atoms with Crippen molar-refractivity contribution in [2.24, 2.45) is 0 Å². The molecule has 0 amide bonds. The van der Waals surface area contributed by atoms with Crippen LogP contribution in [0.5, 0.6) is 11.5 Å². The van der Waals surface area contributed by atoms with Crippen LogP contribution >= 0.6 is 12.2 Å². The van der Waals surface area contributed by atoms with Gasteiger partial charge in [0.15, 0.2) is 11.5 Å². The van der Waals surface area contributed by atoms with Gasteiger partial charge in [-0.1, -0.05) is 54.7 Å². The van der Waals surface area contributed by atoms with Crippen molar-refractivity contribution in [1.29, 1.82) is 0 Å². The third kappa shape index (κ3) is 3.96. The molecule has 1 saturated heterocycles. The van der Waals surface area contributed by atoms with Crippen LogP contribution in [-0.4, -0.2) is 43.3 Å². The summed E-state index contributed by atoms with van der Waals surface area (Å²) in [5.41, 5.74) is 2.11. The molecule has 0 saturated carbocycles. The minimum Gasteiger partial charge on any atom is -0.493 e. The predicted molar refractivity (Wildman–Crippen MR) is 115 cm³/mol. The number of thiocarbonyl (C=S) groups is 1. The molecule has 0 spiro atoms. The van der Waals surface area contributed by atoms with E-state index in [1.54, 1.807) is 7.11 Å². The summed E-state index contributed by atoms with van der Waals surface area (Å²) in [7, 11) is 1.65. The molecule has 1 fully saturated rings. The van der Waals surface area contributed by atoms with E-state index in [0.717, 1.165) is 29.2 Å². The molecule has 0 N–H and O–H groups in total. The first-order valence-electron chi connectivity index (χ1n) is 9.41. The molecule has 3 aromatic carbocycles. The lowest BCUT2D eigenvalue weighted by Crippen LogP contribution is -2.40. The Hall–Kier alpha value is -2.63. The van der Waals surface area contributed by atoms with Gasteiger partial charge in [-0.2, -0.15) is 0 Å². The maximum absolute atomic E-state index is 6.10. The van der Waals surface area contributed by atoms with Gasteiger partial charge in [-0.3, -0.25) is 0 Å². The standard InChI is InChI=1S/C23H23NO3S/c1-25-22-15-18(23(28)24-11-13-26-14-12-24)9-10-21(22)27-16-19-7-4-6-17-5-2-3-8-20(17)19/h2-10,15H,11-14,16H2,1H3. The number of nitrogens with zero attached hydrogens (tertiary/aromatic N) is 1. The smallest absolute Gasteiger partial charge is 0.161 e. The van der Waals surface area contributed by atoms with Gasteiger partial charge in [-0.05, 0) is 34.5 Å². The number of ether oxygens (including phenoxy) is 3. The minimum absolute atomic E-state index is 0.477. The Morgan fingerprint density at radius 2 is 1.79 bits per heavy atom. The number of rotatable bonds is 5. The number of morpholine rings is 1. The zero-order valence-corrected chi connectivity index (χ0v) is 16.7. The first-order valence-corrected chi connectivity index (χ1v) is 9.81. The number of hydrogen-bond donors (Lipinski definition) is 0. The van der Waals surface area contributed by atoms with Crippen molar-refractivity contribution in [3.63, 3.8) is 0 Å². The maximum Gasteiger partial charge on any atom is 0.161 e. The third-order valence-electron chi connectivity index (χ3n) is 4.97. The minimum atomic E-state index is 0.477. The van der Waals surface area contributed by atoms with Crippen LogP contribution in [0, 0.1) is 0 Å². The fraction of sp³-hybridized carbons (Fsp3) is 0.261. The van der Waals surface area contributed by atoms with Gasteiger partial charge in [0.25, 0.3) is 0 Å². The number of hydrogen-bond acceptors (Lipinski definition) is 4. The molecule has 3 aromatic rings. The van der Waals surface area contributed by atoms with E-state index >= 15 is 0 Å². The molecule has 5 heteroatoms. The van der Waals surface area contributed by atoms with Crippen LogP contribution < -0.4 is 9.47 Å². The lowest BCUT2D eigenvalue weighted by atomic mass is 10.1. The highest BCUT2D eigenvalue weighted by Gasteiger charge is 2.17. The summed E-state index contributed by atoms with van der Waals surface area (Å²) in [6.45, 7) is 3.54. The summed E-state index contributed by atoms with van der Waals surface area (Å²) in [4.78, 5) is 2.99. The van der Waals surface area contributed by atoms with Crippen molar-refractivity contribution >= 4 is 28.0 Å². The summed E-state index contributed by atoms with van der Waals surface area (Å²) >= 11 is 5.66. The van der Waals surface area contributed by atoms with Gasteiger partial charge >= 0.3 is 0 Å². The third-order valence-corrected chi connectivity index (χ3v) is 5.47. The maximum atomic E-state index is 6.10. The highest BCUT2D eigenvalue weighted by atomic mass is 32.1. The van der Waals surface area contributed by atoms with Crippen molar-refractivity contribution in [2.75, 3.05) is 33.4 Å². The van der Waals surface area contributed by atoms with Crippen LogP contribution in [0.25, 0.3) is 10.8 Å². The molecule has 0 aromatic heterocycles. The molecular weight excluding hydrogens is 370 g/mol. The van der Waals surface area contributed by atoms with Gasteiger partial charge in [-0.25, -0.2) is 0 Å². The second kappa shape index (κ2) is 8.59. The molecule has 1 aliphatic heterocycles. The van der Waals surface area contributed by atoms with Crippen LogP contribution in [0.3, 0.4) is 0 Å². The van der Waals surface area contributed by atoms with E-state index in [0.29, 0.717) is 31.3 Å². The first kappa shape index (κ1) is 18.7. The zero-order chi connectivity index (χ0) is 19.3. The van der Waals surface area contributed by atoms with Crippen molar-refractivity contribution in [3.8, 4) is 11.5 Å². The molecule has 4 nitrogen and oxygen atoms in total. The molecule has 144 valence electrons. The fourth-order valence-electron chi connectivity index (χ4n) is 3.44. The normalized spacial score (nSPS) is 14.1. The lowest BCUT2D eigenvalue weighted by molar-refractivity contribution is 0.0693. The Labute approximate surface area is 170 Å². The highest BCUT2D eigenvalue weighted by molar-refractivity contribution is 7.80. The molecule has 0 bridgehead atoms. The molecule has 0 aliphatic carbocycles. The van der Waals surface area contributed by atoms with E-state index in [4.69, 9.17) is 26.4 Å². The molecule has 0 unspecified atom stereocenters. The van der Waals surface area contributed by atoms with Gasteiger partial charge in [0.1, 0.15) is 11.6 Å². The SMILES string of the molecule is COc1cc(C(=S)N2CCOCC2)ccc1OCc1cccc2ccccc12. The fourth-order valence-corrected chi connectivity index (χ4v) is 3.75. The summed E-state index contributed by atoms with van der Waals surface area (Å²) < 4.78 is 17.1. The van der Waals surface area contributed by atoms with Crippen molar-refractivity contribution in [3.05, 3.63) is 71.8 Å². The Morgan fingerprint density at radius 1 is 1.00 bits per heavy atom. The Balaban J connectivity index is 1.52. The molecule has 1 aliphatic rings. The van der Waals surface area contributed by atoms with Gasteiger partial charge < -0.3 is 19.1 Å². The lowest BCUT2D eigenvalue weighted by Gasteiger charge is -2.29.